The van der Waals surface area contributed by atoms with Gasteiger partial charge in [0.05, 0.1) is 18.6 Å². The lowest BCUT2D eigenvalue weighted by molar-refractivity contribution is -0.144. The number of rotatable bonds is 4. The first-order valence-electron chi connectivity index (χ1n) is 5.65. The van der Waals surface area contributed by atoms with Gasteiger partial charge in [-0.25, -0.2) is 13.8 Å². The summed E-state index contributed by atoms with van der Waals surface area (Å²) in [7, 11) is 0. The first-order chi connectivity index (χ1) is 9.70. The number of aromatic nitrogens is 1. The van der Waals surface area contributed by atoms with Gasteiger partial charge in [0.1, 0.15) is 17.5 Å². The van der Waals surface area contributed by atoms with Gasteiger partial charge in [-0.1, -0.05) is 0 Å². The van der Waals surface area contributed by atoms with Crippen LogP contribution < -0.4 is 0 Å². The molecule has 0 atom stereocenters. The van der Waals surface area contributed by atoms with Gasteiger partial charge in [-0.15, -0.1) is 0 Å². The number of carbonyl (C=O) groups is 1. The molecular formula is C12H9F5N2O2. The fraction of sp³-hybridized carbons (Fsp3) is 0.417. The molecule has 9 heteroatoms. The van der Waals surface area contributed by atoms with Crippen molar-refractivity contribution in [2.24, 2.45) is 0 Å². The first-order valence-corrected chi connectivity index (χ1v) is 5.65. The van der Waals surface area contributed by atoms with Crippen LogP contribution in [0.15, 0.2) is 6.07 Å². The minimum absolute atomic E-state index is 0.0639. The van der Waals surface area contributed by atoms with Crippen molar-refractivity contribution in [1.29, 1.82) is 5.26 Å². The van der Waals surface area contributed by atoms with Gasteiger partial charge in [0.2, 0.25) is 0 Å². The molecule has 1 heterocycles. The summed E-state index contributed by atoms with van der Waals surface area (Å²) in [5, 5.41) is 8.61. The van der Waals surface area contributed by atoms with Crippen molar-refractivity contribution in [2.75, 3.05) is 6.61 Å². The van der Waals surface area contributed by atoms with Crippen LogP contribution in [-0.2, 0) is 22.1 Å². The summed E-state index contributed by atoms with van der Waals surface area (Å²) >= 11 is 0. The van der Waals surface area contributed by atoms with Crippen LogP contribution in [-0.4, -0.2) is 17.6 Å². The predicted molar refractivity (Wildman–Crippen MR) is 59.2 cm³/mol. The Morgan fingerprint density at radius 2 is 2.10 bits per heavy atom. The first kappa shape index (κ1) is 16.8. The SMILES string of the molecule is CCOC(=O)Cc1cc(C(F)F)c(C#N)nc1C(F)(F)F. The van der Waals surface area contributed by atoms with Crippen molar-refractivity contribution >= 4 is 5.97 Å². The van der Waals surface area contributed by atoms with Crippen molar-refractivity contribution in [1.82, 2.24) is 4.98 Å². The van der Waals surface area contributed by atoms with Gasteiger partial charge in [-0.05, 0) is 18.6 Å². The van der Waals surface area contributed by atoms with E-state index in [0.717, 1.165) is 0 Å². The molecule has 4 nitrogen and oxygen atoms in total. The Labute approximate surface area is 116 Å². The van der Waals surface area contributed by atoms with E-state index in [2.05, 4.69) is 9.72 Å². The Kier molecular flexibility index (Phi) is 5.18. The number of carbonyl (C=O) groups excluding carboxylic acids is 1. The zero-order valence-corrected chi connectivity index (χ0v) is 10.7. The van der Waals surface area contributed by atoms with E-state index in [0.29, 0.717) is 6.07 Å². The van der Waals surface area contributed by atoms with Gasteiger partial charge in [-0.3, -0.25) is 4.79 Å². The summed E-state index contributed by atoms with van der Waals surface area (Å²) in [5.74, 6) is -1.00. The topological polar surface area (TPSA) is 63.0 Å². The van der Waals surface area contributed by atoms with Crippen LogP contribution in [0.2, 0.25) is 0 Å². The highest BCUT2D eigenvalue weighted by molar-refractivity contribution is 5.73. The number of alkyl halides is 5. The van der Waals surface area contributed by atoms with Gasteiger partial charge >= 0.3 is 12.1 Å². The third kappa shape index (κ3) is 4.11. The van der Waals surface area contributed by atoms with Gasteiger partial charge < -0.3 is 4.74 Å². The number of esters is 1. The average molecular weight is 308 g/mol. The molecule has 0 unspecified atom stereocenters. The second-order valence-corrected chi connectivity index (χ2v) is 3.83. The van der Waals surface area contributed by atoms with E-state index in [-0.39, 0.29) is 6.61 Å². The maximum absolute atomic E-state index is 12.8. The summed E-state index contributed by atoms with van der Waals surface area (Å²) in [4.78, 5) is 14.2. The minimum Gasteiger partial charge on any atom is -0.466 e. The summed E-state index contributed by atoms with van der Waals surface area (Å²) < 4.78 is 68.4. The molecule has 0 aliphatic rings. The number of hydrogen-bond donors (Lipinski definition) is 0. The fourth-order valence-corrected chi connectivity index (χ4v) is 1.58. The van der Waals surface area contributed by atoms with E-state index in [4.69, 9.17) is 5.26 Å². The molecule has 0 aliphatic carbocycles. The lowest BCUT2D eigenvalue weighted by Gasteiger charge is -2.14. The number of nitrogens with zero attached hydrogens (tertiary/aromatic N) is 2. The van der Waals surface area contributed by atoms with Crippen molar-refractivity contribution < 1.29 is 31.5 Å². The molecule has 0 fully saturated rings. The summed E-state index contributed by atoms with van der Waals surface area (Å²) in [6.45, 7) is 1.38. The number of halogens is 5. The Bertz CT molecular complexity index is 578. The molecule has 0 spiro atoms. The predicted octanol–water partition coefficient (Wildman–Crippen LogP) is 3.02. The highest BCUT2D eigenvalue weighted by atomic mass is 19.4. The van der Waals surface area contributed by atoms with E-state index in [1.165, 1.54) is 13.0 Å². The summed E-state index contributed by atoms with van der Waals surface area (Å²) in [6.07, 6.45) is -9.02. The van der Waals surface area contributed by atoms with Crippen LogP contribution in [0.25, 0.3) is 0 Å². The third-order valence-corrected chi connectivity index (χ3v) is 2.38. The maximum atomic E-state index is 12.8. The second-order valence-electron chi connectivity index (χ2n) is 3.83. The fourth-order valence-electron chi connectivity index (χ4n) is 1.58. The van der Waals surface area contributed by atoms with Crippen LogP contribution in [0.1, 0.15) is 35.9 Å². The molecule has 0 N–H and O–H groups in total. The lowest BCUT2D eigenvalue weighted by Crippen LogP contribution is -2.18. The highest BCUT2D eigenvalue weighted by Crippen LogP contribution is 2.34. The number of ether oxygens (including phenoxy) is 1. The van der Waals surface area contributed by atoms with Gasteiger partial charge in [0, 0.05) is 0 Å². The molecule has 21 heavy (non-hydrogen) atoms. The molecule has 1 aromatic rings. The highest BCUT2D eigenvalue weighted by Gasteiger charge is 2.37. The monoisotopic (exact) mass is 308 g/mol. The number of nitriles is 1. The minimum atomic E-state index is -4.98. The normalized spacial score (nSPS) is 11.3. The van der Waals surface area contributed by atoms with Gasteiger partial charge in [0.25, 0.3) is 6.43 Å². The number of hydrogen-bond acceptors (Lipinski definition) is 4. The molecule has 114 valence electrons. The molecule has 0 saturated carbocycles. The molecule has 1 rings (SSSR count). The zero-order chi connectivity index (χ0) is 16.2. The van der Waals surface area contributed by atoms with Crippen molar-refractivity contribution in [3.63, 3.8) is 0 Å². The zero-order valence-electron chi connectivity index (χ0n) is 10.7. The Balaban J connectivity index is 3.41. The van der Waals surface area contributed by atoms with Crippen molar-refractivity contribution in [2.45, 2.75) is 25.9 Å². The van der Waals surface area contributed by atoms with Crippen LogP contribution in [0.4, 0.5) is 22.0 Å². The van der Waals surface area contributed by atoms with Crippen molar-refractivity contribution in [3.8, 4) is 6.07 Å². The van der Waals surface area contributed by atoms with Crippen molar-refractivity contribution in [3.05, 3.63) is 28.6 Å². The molecule has 0 bridgehead atoms. The Hall–Kier alpha value is -2.24. The van der Waals surface area contributed by atoms with Gasteiger partial charge in [0.15, 0.2) is 0 Å². The third-order valence-electron chi connectivity index (χ3n) is 2.38. The summed E-state index contributed by atoms with van der Waals surface area (Å²) in [5.41, 5.74) is -4.28. The van der Waals surface area contributed by atoms with E-state index in [1.54, 1.807) is 0 Å². The maximum Gasteiger partial charge on any atom is 0.433 e. The molecule has 0 aliphatic heterocycles. The van der Waals surface area contributed by atoms with E-state index >= 15 is 0 Å². The lowest BCUT2D eigenvalue weighted by atomic mass is 10.0. The Morgan fingerprint density at radius 3 is 2.52 bits per heavy atom. The molecular weight excluding hydrogens is 299 g/mol. The van der Waals surface area contributed by atoms with E-state index in [1.807, 2.05) is 0 Å². The molecule has 0 saturated heterocycles. The quantitative estimate of drug-likeness (QED) is 0.633. The average Bonchev–Trinajstić information content (AvgIpc) is 2.37. The smallest absolute Gasteiger partial charge is 0.433 e. The van der Waals surface area contributed by atoms with Crippen LogP contribution in [0.3, 0.4) is 0 Å². The number of pyridine rings is 1. The molecule has 1 aromatic heterocycles. The standard InChI is InChI=1S/C12H9F5N2O2/c1-2-21-9(20)4-6-3-7(11(13)14)8(5-18)19-10(6)12(15,16)17/h3,11H,2,4H2,1H3. The largest absolute Gasteiger partial charge is 0.466 e. The second kappa shape index (κ2) is 6.47. The Morgan fingerprint density at radius 1 is 1.48 bits per heavy atom. The molecule has 0 aromatic carbocycles. The summed E-state index contributed by atoms with van der Waals surface area (Å²) in [6, 6.07) is 1.66. The van der Waals surface area contributed by atoms with Crippen LogP contribution >= 0.6 is 0 Å². The van der Waals surface area contributed by atoms with Gasteiger partial charge in [-0.2, -0.15) is 18.4 Å². The van der Waals surface area contributed by atoms with Crippen LogP contribution in [0, 0.1) is 11.3 Å². The van der Waals surface area contributed by atoms with E-state index < -0.39 is 47.5 Å². The van der Waals surface area contributed by atoms with E-state index in [9.17, 15) is 26.7 Å². The van der Waals surface area contributed by atoms with Crippen LogP contribution in [0.5, 0.6) is 0 Å². The molecule has 0 amide bonds. The molecule has 0 radical (unpaired) electrons.